The molecule has 1 fully saturated rings. The van der Waals surface area contributed by atoms with Crippen LogP contribution in [0.5, 0.6) is 0 Å². The van der Waals surface area contributed by atoms with Crippen LogP contribution in [0.2, 0.25) is 0 Å². The summed E-state index contributed by atoms with van der Waals surface area (Å²) in [6.07, 6.45) is -13.0. The van der Waals surface area contributed by atoms with Crippen LogP contribution in [0.4, 0.5) is 30.7 Å². The molecular weight excluding hydrogens is 608 g/mol. The first-order chi connectivity index (χ1) is 19.4. The van der Waals surface area contributed by atoms with Crippen molar-refractivity contribution in [2.75, 3.05) is 13.2 Å². The van der Waals surface area contributed by atoms with Gasteiger partial charge in [-0.1, -0.05) is 21.4 Å². The summed E-state index contributed by atoms with van der Waals surface area (Å²) in [5.74, 6) is -1.17. The van der Waals surface area contributed by atoms with Gasteiger partial charge in [-0.3, -0.25) is 4.90 Å². The number of hydrogen-bond acceptors (Lipinski definition) is 7. The fourth-order valence-corrected chi connectivity index (χ4v) is 4.98. The smallest absolute Gasteiger partial charge is 0.411 e. The van der Waals surface area contributed by atoms with Gasteiger partial charge in [0.1, 0.15) is 5.82 Å². The summed E-state index contributed by atoms with van der Waals surface area (Å²) in [5.41, 5.74) is -4.76. The molecule has 2 aromatic carbocycles. The van der Waals surface area contributed by atoms with E-state index >= 15 is 0 Å². The monoisotopic (exact) mass is 630 g/mol. The van der Waals surface area contributed by atoms with Crippen molar-refractivity contribution < 1.29 is 59.8 Å². The Kier molecular flexibility index (Phi) is 8.61. The molecule has 0 radical (unpaired) electrons. The minimum absolute atomic E-state index is 0.00895. The number of aromatic nitrogens is 3. The largest absolute Gasteiger partial charge is 0.455 e. The average molecular weight is 630 g/mol. The lowest BCUT2D eigenvalue weighted by atomic mass is 10.0. The van der Waals surface area contributed by atoms with Crippen molar-refractivity contribution >= 4 is 7.75 Å². The van der Waals surface area contributed by atoms with Gasteiger partial charge >= 0.3 is 25.8 Å². The molecule has 230 valence electrons. The maximum atomic E-state index is 13.7. The molecule has 1 aromatic heterocycles. The molecule has 0 aliphatic carbocycles. The van der Waals surface area contributed by atoms with Gasteiger partial charge in [-0.2, -0.15) is 31.3 Å². The Morgan fingerprint density at radius 3 is 2.14 bits per heavy atom. The van der Waals surface area contributed by atoms with Crippen LogP contribution in [0, 0.1) is 5.82 Å². The molecular formula is C23H22F7N4O7P. The predicted molar refractivity (Wildman–Crippen MR) is 126 cm³/mol. The van der Waals surface area contributed by atoms with Crippen LogP contribution in [-0.2, 0) is 32.9 Å². The van der Waals surface area contributed by atoms with E-state index in [0.29, 0.717) is 12.1 Å². The lowest BCUT2D eigenvalue weighted by molar-refractivity contribution is -0.231. The van der Waals surface area contributed by atoms with Crippen molar-refractivity contribution in [2.45, 2.75) is 44.3 Å². The van der Waals surface area contributed by atoms with Gasteiger partial charge in [0.25, 0.3) is 0 Å². The molecule has 0 unspecified atom stereocenters. The standard InChI is InChI=1S/C23H22F7N4O7P/c1-12(14-8-15(22(25,26)27)10-16(9-14)23(28,29)30)41-20-19(13-2-4-17(24)5-3-13)32(6-7-40-20)11-18-31-21(35)34(33(18)36)42(37,38)39/h2-5,8-10,12,19-20,36H,6-7,11H2,1H3,(H2,37,38,39)/t12-,19+,20-/m1/s1. The van der Waals surface area contributed by atoms with Gasteiger partial charge in [0.15, 0.2) is 12.1 Å². The topological polar surface area (TPSA) is 139 Å². The van der Waals surface area contributed by atoms with Gasteiger partial charge in [0.05, 0.1) is 36.4 Å². The normalized spacial score (nSPS) is 19.7. The van der Waals surface area contributed by atoms with Crippen LogP contribution in [-0.4, -0.2) is 53.6 Å². The zero-order chi connectivity index (χ0) is 31.2. The number of ether oxygens (including phenoxy) is 2. The van der Waals surface area contributed by atoms with E-state index < -0.39 is 79.1 Å². The molecule has 2 heterocycles. The number of benzene rings is 2. The maximum Gasteiger partial charge on any atom is 0.455 e. The zero-order valence-electron chi connectivity index (χ0n) is 21.3. The third-order valence-corrected chi connectivity index (χ3v) is 7.17. The molecule has 0 spiro atoms. The number of nitrogens with zero attached hydrogens (tertiary/aromatic N) is 4. The highest BCUT2D eigenvalue weighted by molar-refractivity contribution is 7.49. The highest BCUT2D eigenvalue weighted by atomic mass is 31.2. The quantitative estimate of drug-likeness (QED) is 0.200. The number of alkyl halides is 6. The fourth-order valence-electron chi connectivity index (χ4n) is 4.39. The predicted octanol–water partition coefficient (Wildman–Crippen LogP) is 4.08. The van der Waals surface area contributed by atoms with Crippen LogP contribution in [0.1, 0.15) is 47.1 Å². The number of halogens is 7. The summed E-state index contributed by atoms with van der Waals surface area (Å²) in [6, 6.07) is 4.64. The second kappa shape index (κ2) is 11.4. The van der Waals surface area contributed by atoms with Crippen molar-refractivity contribution in [3.8, 4) is 0 Å². The molecule has 19 heteroatoms. The lowest BCUT2D eigenvalue weighted by Gasteiger charge is -2.41. The van der Waals surface area contributed by atoms with E-state index in [2.05, 4.69) is 4.98 Å². The third kappa shape index (κ3) is 6.85. The molecule has 0 bridgehead atoms. The molecule has 4 rings (SSSR count). The molecule has 0 amide bonds. The second-order valence-electron chi connectivity index (χ2n) is 9.23. The summed E-state index contributed by atoms with van der Waals surface area (Å²) in [4.78, 5) is 35.4. The summed E-state index contributed by atoms with van der Waals surface area (Å²) in [6.45, 7) is 0.599. The van der Waals surface area contributed by atoms with Crippen molar-refractivity contribution in [3.05, 3.63) is 86.8 Å². The van der Waals surface area contributed by atoms with E-state index in [9.17, 15) is 55.1 Å². The fraction of sp³-hybridized carbons (Fsp3) is 0.391. The Hall–Kier alpha value is -3.28. The average Bonchev–Trinajstić information content (AvgIpc) is 3.16. The van der Waals surface area contributed by atoms with Gasteiger partial charge in [-0.05, 0) is 48.4 Å². The highest BCUT2D eigenvalue weighted by Gasteiger charge is 2.40. The van der Waals surface area contributed by atoms with Gasteiger partial charge in [-0.15, -0.1) is 0 Å². The first-order valence-corrected chi connectivity index (χ1v) is 13.5. The molecule has 0 saturated carbocycles. The van der Waals surface area contributed by atoms with E-state index in [1.165, 1.54) is 24.0 Å². The Morgan fingerprint density at radius 2 is 1.64 bits per heavy atom. The SMILES string of the molecule is C[C@@H](O[C@H]1OCCN(Cc2nc(=O)n(P(=O)(O)O)n2O)[C@H]1c1ccc(F)cc1)c1cc(C(F)(F)F)cc(C(F)(F)F)c1. The lowest BCUT2D eigenvalue weighted by Crippen LogP contribution is -2.46. The first-order valence-electron chi connectivity index (χ1n) is 11.9. The Bertz CT molecular complexity index is 1500. The van der Waals surface area contributed by atoms with Crippen LogP contribution < -0.4 is 5.69 Å². The number of hydrogen-bond donors (Lipinski definition) is 3. The Labute approximate surface area is 231 Å². The van der Waals surface area contributed by atoms with Crippen molar-refractivity contribution in [1.29, 1.82) is 0 Å². The first kappa shape index (κ1) is 31.7. The summed E-state index contributed by atoms with van der Waals surface area (Å²) < 4.78 is 117. The summed E-state index contributed by atoms with van der Waals surface area (Å²) >= 11 is 0. The van der Waals surface area contributed by atoms with E-state index in [1.807, 2.05) is 0 Å². The van der Waals surface area contributed by atoms with Crippen molar-refractivity contribution in [2.24, 2.45) is 0 Å². The zero-order valence-corrected chi connectivity index (χ0v) is 22.1. The molecule has 3 N–H and O–H groups in total. The minimum atomic E-state index is -5.32. The molecule has 1 saturated heterocycles. The summed E-state index contributed by atoms with van der Waals surface area (Å²) in [7, 11) is -5.32. The van der Waals surface area contributed by atoms with Gasteiger partial charge in [0.2, 0.25) is 0 Å². The summed E-state index contributed by atoms with van der Waals surface area (Å²) in [5, 5.41) is 10.2. The van der Waals surface area contributed by atoms with Crippen LogP contribution in [0.15, 0.2) is 47.3 Å². The van der Waals surface area contributed by atoms with E-state index in [-0.39, 0.29) is 34.1 Å². The molecule has 1 aliphatic rings. The molecule has 1 aliphatic heterocycles. The molecule has 42 heavy (non-hydrogen) atoms. The van der Waals surface area contributed by atoms with Crippen molar-refractivity contribution in [3.63, 3.8) is 0 Å². The minimum Gasteiger partial charge on any atom is -0.411 e. The molecule has 3 aromatic rings. The second-order valence-corrected chi connectivity index (χ2v) is 10.6. The Morgan fingerprint density at radius 1 is 1.07 bits per heavy atom. The Balaban J connectivity index is 1.71. The molecule has 11 nitrogen and oxygen atoms in total. The number of morpholine rings is 1. The third-order valence-electron chi connectivity index (χ3n) is 6.34. The van der Waals surface area contributed by atoms with E-state index in [0.717, 1.165) is 12.1 Å². The van der Waals surface area contributed by atoms with E-state index in [4.69, 9.17) is 9.47 Å². The highest BCUT2D eigenvalue weighted by Crippen LogP contribution is 2.40. The van der Waals surface area contributed by atoms with Gasteiger partial charge < -0.3 is 24.5 Å². The van der Waals surface area contributed by atoms with Crippen LogP contribution >= 0.6 is 7.75 Å². The van der Waals surface area contributed by atoms with Gasteiger partial charge in [0, 0.05) is 6.54 Å². The maximum absolute atomic E-state index is 13.7. The van der Waals surface area contributed by atoms with E-state index in [1.54, 1.807) is 0 Å². The number of rotatable bonds is 7. The molecule has 3 atom stereocenters. The van der Waals surface area contributed by atoms with Gasteiger partial charge in [-0.25, -0.2) is 13.8 Å². The van der Waals surface area contributed by atoms with Crippen LogP contribution in [0.25, 0.3) is 0 Å². The van der Waals surface area contributed by atoms with Crippen molar-refractivity contribution in [1.82, 2.24) is 19.2 Å². The van der Waals surface area contributed by atoms with Crippen LogP contribution in [0.3, 0.4) is 0 Å².